The molecule has 1 aromatic carbocycles. The van der Waals surface area contributed by atoms with E-state index in [0.717, 1.165) is 11.3 Å². The zero-order valence-corrected chi connectivity index (χ0v) is 12.2. The van der Waals surface area contributed by atoms with Crippen molar-refractivity contribution >= 4 is 11.9 Å². The lowest BCUT2D eigenvalue weighted by atomic mass is 10.2. The fraction of sp³-hybridized carbons (Fsp3) is 0.467. The Morgan fingerprint density at radius 2 is 2.00 bits per heavy atom. The monoisotopic (exact) mass is 279 g/mol. The zero-order chi connectivity index (χ0) is 15.0. The predicted molar refractivity (Wildman–Crippen MR) is 75.6 cm³/mol. The van der Waals surface area contributed by atoms with E-state index in [2.05, 4.69) is 4.74 Å². The van der Waals surface area contributed by atoms with E-state index in [0.29, 0.717) is 13.2 Å². The summed E-state index contributed by atoms with van der Waals surface area (Å²) in [6.45, 7) is 2.67. The molecule has 5 nitrogen and oxygen atoms in total. The van der Waals surface area contributed by atoms with Crippen molar-refractivity contribution in [2.45, 2.75) is 19.8 Å². The number of carbonyl (C=O) groups excluding carboxylic acids is 2. The SMILES string of the molecule is COC(=O)CCN(C)C(=O)CCOc1cccc(C)c1. The van der Waals surface area contributed by atoms with Crippen molar-refractivity contribution in [3.05, 3.63) is 29.8 Å². The summed E-state index contributed by atoms with van der Waals surface area (Å²) in [6.07, 6.45) is 0.489. The highest BCUT2D eigenvalue weighted by atomic mass is 16.5. The standard InChI is InChI=1S/C15H21NO4/c1-12-5-4-6-13(11-12)20-10-8-14(17)16(2)9-7-15(18)19-3/h4-6,11H,7-10H2,1-3H3. The molecule has 0 aliphatic heterocycles. The van der Waals surface area contributed by atoms with Crippen LogP contribution in [0.25, 0.3) is 0 Å². The summed E-state index contributed by atoms with van der Waals surface area (Å²) in [5.74, 6) is 0.386. The van der Waals surface area contributed by atoms with Crippen molar-refractivity contribution in [2.24, 2.45) is 0 Å². The smallest absolute Gasteiger partial charge is 0.307 e. The molecule has 0 aromatic heterocycles. The summed E-state index contributed by atoms with van der Waals surface area (Å²) in [4.78, 5) is 24.3. The van der Waals surface area contributed by atoms with Gasteiger partial charge in [-0.25, -0.2) is 0 Å². The first-order valence-electron chi connectivity index (χ1n) is 6.53. The topological polar surface area (TPSA) is 55.8 Å². The molecule has 0 unspecified atom stereocenters. The van der Waals surface area contributed by atoms with E-state index in [4.69, 9.17) is 4.74 Å². The number of aryl methyl sites for hydroxylation is 1. The highest BCUT2D eigenvalue weighted by Gasteiger charge is 2.11. The van der Waals surface area contributed by atoms with E-state index >= 15 is 0 Å². The molecule has 0 aliphatic rings. The number of ether oxygens (including phenoxy) is 2. The highest BCUT2D eigenvalue weighted by molar-refractivity contribution is 5.77. The van der Waals surface area contributed by atoms with Crippen molar-refractivity contribution in [3.8, 4) is 5.75 Å². The van der Waals surface area contributed by atoms with Gasteiger partial charge in [0.15, 0.2) is 0 Å². The van der Waals surface area contributed by atoms with Gasteiger partial charge >= 0.3 is 5.97 Å². The predicted octanol–water partition coefficient (Wildman–Crippen LogP) is 1.79. The van der Waals surface area contributed by atoms with Crippen LogP contribution < -0.4 is 4.74 Å². The first kappa shape index (κ1) is 16.0. The van der Waals surface area contributed by atoms with E-state index in [9.17, 15) is 9.59 Å². The summed E-state index contributed by atoms with van der Waals surface area (Å²) in [6, 6.07) is 7.68. The molecule has 0 N–H and O–H groups in total. The normalized spacial score (nSPS) is 9.95. The van der Waals surface area contributed by atoms with Gasteiger partial charge in [-0.15, -0.1) is 0 Å². The quantitative estimate of drug-likeness (QED) is 0.714. The van der Waals surface area contributed by atoms with Crippen molar-refractivity contribution in [3.63, 3.8) is 0 Å². The summed E-state index contributed by atoms with van der Waals surface area (Å²) in [5, 5.41) is 0. The Bertz CT molecular complexity index is 459. The van der Waals surface area contributed by atoms with Crippen molar-refractivity contribution in [2.75, 3.05) is 27.3 Å². The third-order valence-electron chi connectivity index (χ3n) is 2.88. The van der Waals surface area contributed by atoms with Gasteiger partial charge in [-0.2, -0.15) is 0 Å². The van der Waals surface area contributed by atoms with Crippen molar-refractivity contribution in [1.82, 2.24) is 4.90 Å². The molecule has 0 heterocycles. The molecular formula is C15H21NO4. The number of rotatable bonds is 7. The number of esters is 1. The lowest BCUT2D eigenvalue weighted by Gasteiger charge is -2.16. The van der Waals surface area contributed by atoms with Gasteiger partial charge in [0, 0.05) is 13.6 Å². The van der Waals surface area contributed by atoms with Gasteiger partial charge in [0.1, 0.15) is 5.75 Å². The van der Waals surface area contributed by atoms with E-state index in [1.54, 1.807) is 7.05 Å². The molecule has 0 saturated carbocycles. The minimum atomic E-state index is -0.319. The summed E-state index contributed by atoms with van der Waals surface area (Å²) < 4.78 is 10.0. The summed E-state index contributed by atoms with van der Waals surface area (Å²) in [7, 11) is 3.00. The van der Waals surface area contributed by atoms with E-state index in [1.807, 2.05) is 31.2 Å². The maximum atomic E-state index is 11.8. The minimum Gasteiger partial charge on any atom is -0.493 e. The second-order valence-electron chi connectivity index (χ2n) is 4.56. The van der Waals surface area contributed by atoms with Gasteiger partial charge in [0.25, 0.3) is 0 Å². The van der Waals surface area contributed by atoms with Gasteiger partial charge in [0.05, 0.1) is 26.6 Å². The second-order valence-corrected chi connectivity index (χ2v) is 4.56. The molecule has 0 fully saturated rings. The van der Waals surface area contributed by atoms with Gasteiger partial charge in [-0.1, -0.05) is 12.1 Å². The Morgan fingerprint density at radius 3 is 2.65 bits per heavy atom. The molecule has 20 heavy (non-hydrogen) atoms. The molecule has 0 bridgehead atoms. The molecule has 5 heteroatoms. The Kier molecular flexibility index (Phi) is 6.56. The lowest BCUT2D eigenvalue weighted by molar-refractivity contribution is -0.141. The van der Waals surface area contributed by atoms with Crippen LogP contribution in [0.15, 0.2) is 24.3 Å². The van der Waals surface area contributed by atoms with Crippen LogP contribution in [-0.4, -0.2) is 44.1 Å². The fourth-order valence-corrected chi connectivity index (χ4v) is 1.64. The molecule has 1 aromatic rings. The van der Waals surface area contributed by atoms with Gasteiger partial charge < -0.3 is 14.4 Å². The zero-order valence-electron chi connectivity index (χ0n) is 12.2. The van der Waals surface area contributed by atoms with E-state index in [-0.39, 0.29) is 24.7 Å². The van der Waals surface area contributed by atoms with Crippen LogP contribution in [0.4, 0.5) is 0 Å². The van der Waals surface area contributed by atoms with Crippen LogP contribution in [0.3, 0.4) is 0 Å². The molecular weight excluding hydrogens is 258 g/mol. The van der Waals surface area contributed by atoms with Crippen LogP contribution in [0.5, 0.6) is 5.75 Å². The highest BCUT2D eigenvalue weighted by Crippen LogP contribution is 2.12. The van der Waals surface area contributed by atoms with Gasteiger partial charge in [-0.05, 0) is 24.6 Å². The van der Waals surface area contributed by atoms with E-state index < -0.39 is 0 Å². The maximum Gasteiger partial charge on any atom is 0.307 e. The number of hydrogen-bond acceptors (Lipinski definition) is 4. The average molecular weight is 279 g/mol. The van der Waals surface area contributed by atoms with Gasteiger partial charge in [0.2, 0.25) is 5.91 Å². The molecule has 1 rings (SSSR count). The molecule has 0 spiro atoms. The minimum absolute atomic E-state index is 0.0541. The summed E-state index contributed by atoms with van der Waals surface area (Å²) >= 11 is 0. The van der Waals surface area contributed by atoms with E-state index in [1.165, 1.54) is 12.0 Å². The molecule has 0 aliphatic carbocycles. The number of hydrogen-bond donors (Lipinski definition) is 0. The molecule has 1 amide bonds. The number of nitrogens with zero attached hydrogens (tertiary/aromatic N) is 1. The number of amides is 1. The summed E-state index contributed by atoms with van der Waals surface area (Å²) in [5.41, 5.74) is 1.11. The van der Waals surface area contributed by atoms with Crippen LogP contribution in [0.2, 0.25) is 0 Å². The average Bonchev–Trinajstić information content (AvgIpc) is 2.44. The van der Waals surface area contributed by atoms with Crippen LogP contribution >= 0.6 is 0 Å². The first-order valence-corrected chi connectivity index (χ1v) is 6.53. The lowest BCUT2D eigenvalue weighted by Crippen LogP contribution is -2.30. The van der Waals surface area contributed by atoms with Gasteiger partial charge in [-0.3, -0.25) is 9.59 Å². The Labute approximate surface area is 119 Å². The molecule has 0 radical (unpaired) electrons. The van der Waals surface area contributed by atoms with Crippen LogP contribution in [-0.2, 0) is 14.3 Å². The number of methoxy groups -OCH3 is 1. The molecule has 0 atom stereocenters. The van der Waals surface area contributed by atoms with Crippen molar-refractivity contribution in [1.29, 1.82) is 0 Å². The second kappa shape index (κ2) is 8.19. The number of benzene rings is 1. The largest absolute Gasteiger partial charge is 0.493 e. The molecule has 0 saturated heterocycles. The van der Waals surface area contributed by atoms with Crippen LogP contribution in [0.1, 0.15) is 18.4 Å². The third-order valence-corrected chi connectivity index (χ3v) is 2.88. The Morgan fingerprint density at radius 1 is 1.25 bits per heavy atom. The Hall–Kier alpha value is -2.04. The number of carbonyl (C=O) groups is 2. The maximum absolute atomic E-state index is 11.8. The first-order chi connectivity index (χ1) is 9.52. The Balaban J connectivity index is 2.27. The third kappa shape index (κ3) is 5.73. The van der Waals surface area contributed by atoms with Crippen molar-refractivity contribution < 1.29 is 19.1 Å². The molecule has 110 valence electrons. The van der Waals surface area contributed by atoms with Crippen LogP contribution in [0, 0.1) is 6.92 Å². The fourth-order valence-electron chi connectivity index (χ4n) is 1.64.